The van der Waals surface area contributed by atoms with Gasteiger partial charge in [0.05, 0.1) is 6.04 Å². The summed E-state index contributed by atoms with van der Waals surface area (Å²) in [5.41, 5.74) is -3.03. The zero-order valence-electron chi connectivity index (χ0n) is 9.54. The molecule has 92 valence electrons. The summed E-state index contributed by atoms with van der Waals surface area (Å²) in [6.45, 7) is 5.02. The van der Waals surface area contributed by atoms with Crippen LogP contribution < -0.4 is 5.32 Å². The van der Waals surface area contributed by atoms with Crippen LogP contribution in [0.4, 0.5) is 9.18 Å². The fourth-order valence-electron chi connectivity index (χ4n) is 1.43. The largest absolute Gasteiger partial charge is 0.479 e. The Balaban J connectivity index is 2.51. The first-order valence-corrected chi connectivity index (χ1v) is 5.07. The molecule has 0 aliphatic heterocycles. The summed E-state index contributed by atoms with van der Waals surface area (Å²) in [4.78, 5) is 21.9. The molecule has 0 aromatic rings. The van der Waals surface area contributed by atoms with Crippen LogP contribution in [0.25, 0.3) is 0 Å². The Morgan fingerprint density at radius 3 is 2.38 bits per heavy atom. The number of carboxylic acid groups (broad SMARTS) is 1. The van der Waals surface area contributed by atoms with Crippen molar-refractivity contribution >= 4 is 12.1 Å². The van der Waals surface area contributed by atoms with Gasteiger partial charge in [-0.05, 0) is 33.6 Å². The maximum absolute atomic E-state index is 13.6. The van der Waals surface area contributed by atoms with E-state index in [-0.39, 0.29) is 6.42 Å². The van der Waals surface area contributed by atoms with Gasteiger partial charge in [0, 0.05) is 0 Å². The Hall–Kier alpha value is -1.33. The Morgan fingerprint density at radius 2 is 2.06 bits per heavy atom. The van der Waals surface area contributed by atoms with E-state index in [1.807, 2.05) is 0 Å². The SMILES string of the molecule is CC(C)(C)OC(=O)NC1CCC1(F)C(=O)O. The van der Waals surface area contributed by atoms with Crippen molar-refractivity contribution in [1.29, 1.82) is 0 Å². The molecule has 1 saturated carbocycles. The molecule has 6 heteroatoms. The van der Waals surface area contributed by atoms with E-state index in [2.05, 4.69) is 5.32 Å². The molecular weight excluding hydrogens is 217 g/mol. The van der Waals surface area contributed by atoms with Crippen molar-refractivity contribution in [3.63, 3.8) is 0 Å². The van der Waals surface area contributed by atoms with Crippen LogP contribution in [0.5, 0.6) is 0 Å². The van der Waals surface area contributed by atoms with E-state index in [0.717, 1.165) is 0 Å². The molecular formula is C10H16FNO4. The van der Waals surface area contributed by atoms with Gasteiger partial charge in [-0.3, -0.25) is 0 Å². The number of nitrogens with one attached hydrogen (secondary N) is 1. The van der Waals surface area contributed by atoms with E-state index >= 15 is 0 Å². The van der Waals surface area contributed by atoms with Crippen molar-refractivity contribution in [1.82, 2.24) is 5.32 Å². The monoisotopic (exact) mass is 233 g/mol. The predicted molar refractivity (Wildman–Crippen MR) is 53.9 cm³/mol. The smallest absolute Gasteiger partial charge is 0.407 e. The molecule has 1 fully saturated rings. The summed E-state index contributed by atoms with van der Waals surface area (Å²) in [5.74, 6) is -1.54. The molecule has 0 saturated heterocycles. The minimum atomic E-state index is -2.35. The van der Waals surface area contributed by atoms with Gasteiger partial charge in [0.2, 0.25) is 5.67 Å². The van der Waals surface area contributed by atoms with Gasteiger partial charge in [-0.25, -0.2) is 14.0 Å². The highest BCUT2D eigenvalue weighted by molar-refractivity contribution is 5.81. The lowest BCUT2D eigenvalue weighted by Crippen LogP contribution is -2.62. The summed E-state index contributed by atoms with van der Waals surface area (Å²) in [6.07, 6.45) is -0.564. The van der Waals surface area contributed by atoms with E-state index in [1.54, 1.807) is 20.8 Å². The number of amides is 1. The van der Waals surface area contributed by atoms with E-state index < -0.39 is 29.4 Å². The minimum absolute atomic E-state index is 0.0806. The van der Waals surface area contributed by atoms with E-state index in [0.29, 0.717) is 6.42 Å². The summed E-state index contributed by atoms with van der Waals surface area (Å²) in [7, 11) is 0. The van der Waals surface area contributed by atoms with Crippen molar-refractivity contribution < 1.29 is 23.8 Å². The molecule has 2 unspecified atom stereocenters. The number of ether oxygens (including phenoxy) is 1. The number of alkyl carbamates (subject to hydrolysis) is 1. The Morgan fingerprint density at radius 1 is 1.50 bits per heavy atom. The summed E-state index contributed by atoms with van der Waals surface area (Å²) in [5, 5.41) is 10.9. The number of carbonyl (C=O) groups is 2. The van der Waals surface area contributed by atoms with Gasteiger partial charge >= 0.3 is 12.1 Å². The molecule has 1 amide bonds. The third kappa shape index (κ3) is 2.62. The average molecular weight is 233 g/mol. The van der Waals surface area contributed by atoms with Crippen LogP contribution in [0.3, 0.4) is 0 Å². The first-order chi connectivity index (χ1) is 7.15. The number of alkyl halides is 1. The molecule has 0 spiro atoms. The van der Waals surface area contributed by atoms with Crippen LogP contribution in [-0.2, 0) is 9.53 Å². The fraction of sp³-hybridized carbons (Fsp3) is 0.800. The highest BCUT2D eigenvalue weighted by atomic mass is 19.1. The molecule has 0 radical (unpaired) electrons. The van der Waals surface area contributed by atoms with Gasteiger partial charge in [-0.2, -0.15) is 0 Å². The molecule has 0 aromatic carbocycles. The molecule has 0 bridgehead atoms. The van der Waals surface area contributed by atoms with Gasteiger partial charge in [-0.15, -0.1) is 0 Å². The van der Waals surface area contributed by atoms with Crippen molar-refractivity contribution in [3.8, 4) is 0 Å². The highest BCUT2D eigenvalue weighted by Gasteiger charge is 2.55. The normalized spacial score (nSPS) is 29.1. The van der Waals surface area contributed by atoms with E-state index in [1.165, 1.54) is 0 Å². The Bertz CT molecular complexity index is 312. The van der Waals surface area contributed by atoms with Crippen LogP contribution in [0, 0.1) is 0 Å². The highest BCUT2D eigenvalue weighted by Crippen LogP contribution is 2.36. The summed E-state index contributed by atoms with van der Waals surface area (Å²) in [6, 6.07) is -1.00. The second kappa shape index (κ2) is 3.92. The van der Waals surface area contributed by atoms with Crippen LogP contribution in [-0.4, -0.2) is 34.5 Å². The second-order valence-electron chi connectivity index (χ2n) is 4.91. The zero-order chi connectivity index (χ0) is 12.6. The summed E-state index contributed by atoms with van der Waals surface area (Å²) < 4.78 is 18.5. The Labute approximate surface area is 93.0 Å². The lowest BCUT2D eigenvalue weighted by atomic mass is 9.76. The maximum Gasteiger partial charge on any atom is 0.407 e. The van der Waals surface area contributed by atoms with Gasteiger partial charge in [0.15, 0.2) is 0 Å². The third-order valence-electron chi connectivity index (χ3n) is 2.40. The van der Waals surface area contributed by atoms with Crippen LogP contribution in [0.2, 0.25) is 0 Å². The second-order valence-corrected chi connectivity index (χ2v) is 4.91. The molecule has 16 heavy (non-hydrogen) atoms. The molecule has 0 heterocycles. The summed E-state index contributed by atoms with van der Waals surface area (Å²) >= 11 is 0. The number of hydrogen-bond acceptors (Lipinski definition) is 3. The van der Waals surface area contributed by atoms with Crippen molar-refractivity contribution in [3.05, 3.63) is 0 Å². The average Bonchev–Trinajstić information content (AvgIpc) is 2.08. The number of hydrogen-bond donors (Lipinski definition) is 2. The van der Waals surface area contributed by atoms with Gasteiger partial charge in [-0.1, -0.05) is 0 Å². The zero-order valence-corrected chi connectivity index (χ0v) is 9.54. The van der Waals surface area contributed by atoms with E-state index in [9.17, 15) is 14.0 Å². The lowest BCUT2D eigenvalue weighted by molar-refractivity contribution is -0.160. The number of carboxylic acids is 1. The van der Waals surface area contributed by atoms with Crippen LogP contribution >= 0.6 is 0 Å². The van der Waals surface area contributed by atoms with Crippen molar-refractivity contribution in [2.45, 2.75) is 50.9 Å². The predicted octanol–water partition coefficient (Wildman–Crippen LogP) is 1.47. The van der Waals surface area contributed by atoms with Gasteiger partial charge < -0.3 is 15.2 Å². The third-order valence-corrected chi connectivity index (χ3v) is 2.40. The number of carbonyl (C=O) groups excluding carboxylic acids is 1. The molecule has 0 aromatic heterocycles. The Kier molecular flexibility index (Phi) is 3.12. The van der Waals surface area contributed by atoms with Crippen LogP contribution in [0.15, 0.2) is 0 Å². The number of aliphatic carboxylic acids is 1. The topological polar surface area (TPSA) is 75.6 Å². The number of halogens is 1. The van der Waals surface area contributed by atoms with Crippen molar-refractivity contribution in [2.75, 3.05) is 0 Å². The fourth-order valence-corrected chi connectivity index (χ4v) is 1.43. The molecule has 2 atom stereocenters. The molecule has 1 rings (SSSR count). The quantitative estimate of drug-likeness (QED) is 0.757. The first-order valence-electron chi connectivity index (χ1n) is 5.07. The molecule has 2 N–H and O–H groups in total. The van der Waals surface area contributed by atoms with E-state index in [4.69, 9.17) is 9.84 Å². The van der Waals surface area contributed by atoms with Crippen LogP contribution in [0.1, 0.15) is 33.6 Å². The number of rotatable bonds is 2. The van der Waals surface area contributed by atoms with Crippen molar-refractivity contribution in [2.24, 2.45) is 0 Å². The maximum atomic E-state index is 13.6. The lowest BCUT2D eigenvalue weighted by Gasteiger charge is -2.39. The molecule has 5 nitrogen and oxygen atoms in total. The van der Waals surface area contributed by atoms with Gasteiger partial charge in [0.25, 0.3) is 0 Å². The first kappa shape index (κ1) is 12.7. The minimum Gasteiger partial charge on any atom is -0.479 e. The standard InChI is InChI=1S/C10H16FNO4/c1-9(2,3)16-8(15)12-6-4-5-10(6,11)7(13)14/h6H,4-5H2,1-3H3,(H,12,15)(H,13,14). The molecule has 1 aliphatic rings. The van der Waals surface area contributed by atoms with Gasteiger partial charge in [0.1, 0.15) is 5.60 Å². The molecule has 1 aliphatic carbocycles.